The number of dihydropyridines is 1. The molecule has 140 valence electrons. The van der Waals surface area contributed by atoms with E-state index in [-0.39, 0.29) is 12.5 Å². The van der Waals surface area contributed by atoms with Crippen LogP contribution in [0.25, 0.3) is 0 Å². The topological polar surface area (TPSA) is 82.3 Å². The van der Waals surface area contributed by atoms with Gasteiger partial charge in [0.15, 0.2) is 12.5 Å². The summed E-state index contributed by atoms with van der Waals surface area (Å²) >= 11 is 0. The highest BCUT2D eigenvalue weighted by atomic mass is 16.5. The first-order valence-corrected chi connectivity index (χ1v) is 9.04. The number of piperidine rings is 1. The molecule has 0 aromatic rings. The Morgan fingerprint density at radius 1 is 1.35 bits per heavy atom. The van der Waals surface area contributed by atoms with E-state index in [2.05, 4.69) is 11.9 Å². The van der Waals surface area contributed by atoms with E-state index < -0.39 is 17.9 Å². The maximum Gasteiger partial charge on any atom is 0.446 e. The van der Waals surface area contributed by atoms with Crippen molar-refractivity contribution in [2.45, 2.75) is 26.7 Å². The van der Waals surface area contributed by atoms with Crippen LogP contribution in [-0.2, 0) is 14.3 Å². The van der Waals surface area contributed by atoms with Gasteiger partial charge in [0.2, 0.25) is 0 Å². The monoisotopic (exact) mass is 361 g/mol. The lowest BCUT2D eigenvalue weighted by Gasteiger charge is -2.32. The molecule has 1 saturated heterocycles. The molecule has 8 nitrogen and oxygen atoms in total. The van der Waals surface area contributed by atoms with Gasteiger partial charge in [0, 0.05) is 19.2 Å². The fraction of sp³-hybridized carbons (Fsp3) is 0.611. The van der Waals surface area contributed by atoms with Crippen LogP contribution in [0, 0.1) is 11.8 Å². The number of amidine groups is 1. The minimum Gasteiger partial charge on any atom is -0.497 e. The van der Waals surface area contributed by atoms with Crippen LogP contribution >= 0.6 is 0 Å². The lowest BCUT2D eigenvalue weighted by atomic mass is 9.98. The summed E-state index contributed by atoms with van der Waals surface area (Å²) < 4.78 is 6.88. The molecule has 0 spiro atoms. The molecule has 0 saturated carbocycles. The van der Waals surface area contributed by atoms with Gasteiger partial charge in [0.05, 0.1) is 13.7 Å². The standard InChI is InChI=1S/C18H25N4O4/c1-4-26-13-5-8-19-16-15(13)17(24)22(18(25)20(16)3)11-14(23)21-9-6-12(2)7-10-21/h5,8,12,15H,4,6-7,9-11H2,1-3H3/q+1. The molecule has 3 aliphatic rings. The minimum atomic E-state index is -0.781. The predicted octanol–water partition coefficient (Wildman–Crippen LogP) is 0.869. The van der Waals surface area contributed by atoms with Crippen LogP contribution in [0.4, 0.5) is 4.79 Å². The summed E-state index contributed by atoms with van der Waals surface area (Å²) in [6, 6.07) is -0.533. The molecule has 0 bridgehead atoms. The highest BCUT2D eigenvalue weighted by Gasteiger charge is 2.50. The molecule has 0 N–H and O–H groups in total. The second-order valence-corrected chi connectivity index (χ2v) is 6.90. The Labute approximate surface area is 152 Å². The van der Waals surface area contributed by atoms with E-state index >= 15 is 0 Å². The molecular formula is C18H25N4O4+. The Bertz CT molecular complexity index is 717. The predicted molar refractivity (Wildman–Crippen MR) is 95.0 cm³/mol. The lowest BCUT2D eigenvalue weighted by molar-refractivity contribution is -0.408. The van der Waals surface area contributed by atoms with Crippen LogP contribution in [-0.4, -0.2) is 77.6 Å². The molecule has 1 unspecified atom stereocenters. The summed E-state index contributed by atoms with van der Waals surface area (Å²) in [5.41, 5.74) is 0. The van der Waals surface area contributed by atoms with Crippen molar-refractivity contribution < 1.29 is 23.7 Å². The molecule has 3 aliphatic heterocycles. The number of ether oxygens (including phenoxy) is 1. The van der Waals surface area contributed by atoms with E-state index in [0.717, 1.165) is 17.7 Å². The number of hydrogen-bond donors (Lipinski definition) is 0. The summed E-state index contributed by atoms with van der Waals surface area (Å²) in [5, 5.41) is 0. The summed E-state index contributed by atoms with van der Waals surface area (Å²) in [5.74, 6) is -0.0565. The number of imide groups is 1. The fourth-order valence-corrected chi connectivity index (χ4v) is 3.46. The molecular weight excluding hydrogens is 336 g/mol. The third-order valence-electron chi connectivity index (χ3n) is 5.10. The largest absolute Gasteiger partial charge is 0.497 e. The van der Waals surface area contributed by atoms with E-state index in [1.54, 1.807) is 18.0 Å². The Kier molecular flexibility index (Phi) is 5.20. The van der Waals surface area contributed by atoms with Crippen LogP contribution in [0.1, 0.15) is 26.7 Å². The molecule has 3 rings (SSSR count). The Morgan fingerprint density at radius 3 is 2.69 bits per heavy atom. The maximum absolute atomic E-state index is 13.0. The van der Waals surface area contributed by atoms with Crippen LogP contribution in [0.3, 0.4) is 0 Å². The maximum atomic E-state index is 13.0. The van der Waals surface area contributed by atoms with E-state index in [9.17, 15) is 14.4 Å². The van der Waals surface area contributed by atoms with Crippen LogP contribution < -0.4 is 0 Å². The number of nitrogens with zero attached hydrogens (tertiary/aromatic N) is 4. The zero-order valence-corrected chi connectivity index (χ0v) is 15.5. The summed E-state index contributed by atoms with van der Waals surface area (Å²) in [6.07, 6.45) is 5.04. The van der Waals surface area contributed by atoms with Gasteiger partial charge in [-0.3, -0.25) is 9.59 Å². The van der Waals surface area contributed by atoms with Crippen molar-refractivity contribution in [1.82, 2.24) is 9.80 Å². The SMILES string of the molecule is CCOC1=CC=NC2=[N+](C)C(=O)N(CC(=O)N3CCC(C)CC3)C(=O)C12. The molecule has 1 atom stereocenters. The molecule has 0 aliphatic carbocycles. The normalized spacial score (nSPS) is 24.0. The molecule has 26 heavy (non-hydrogen) atoms. The van der Waals surface area contributed by atoms with Crippen LogP contribution in [0.15, 0.2) is 16.8 Å². The molecule has 8 heteroatoms. The van der Waals surface area contributed by atoms with Crippen LogP contribution in [0.2, 0.25) is 0 Å². The molecule has 0 aromatic carbocycles. The highest BCUT2D eigenvalue weighted by molar-refractivity contribution is 6.16. The average Bonchev–Trinajstić information content (AvgIpc) is 2.64. The van der Waals surface area contributed by atoms with Gasteiger partial charge in [0.1, 0.15) is 12.0 Å². The quantitative estimate of drug-likeness (QED) is 0.696. The van der Waals surface area contributed by atoms with Crippen molar-refractivity contribution in [3.8, 4) is 0 Å². The first-order chi connectivity index (χ1) is 12.4. The third kappa shape index (κ3) is 3.27. The van der Waals surface area contributed by atoms with Gasteiger partial charge in [-0.1, -0.05) is 6.92 Å². The van der Waals surface area contributed by atoms with Gasteiger partial charge in [-0.05, 0) is 25.7 Å². The third-order valence-corrected chi connectivity index (χ3v) is 5.10. The first kappa shape index (κ1) is 18.3. The number of fused-ring (bicyclic) bond motifs is 1. The number of allylic oxidation sites excluding steroid dienone is 1. The second kappa shape index (κ2) is 7.39. The van der Waals surface area contributed by atoms with Gasteiger partial charge in [-0.25, -0.2) is 4.79 Å². The van der Waals surface area contributed by atoms with Gasteiger partial charge in [-0.15, -0.1) is 4.99 Å². The second-order valence-electron chi connectivity index (χ2n) is 6.90. The molecule has 0 radical (unpaired) electrons. The fourth-order valence-electron chi connectivity index (χ4n) is 3.46. The summed E-state index contributed by atoms with van der Waals surface area (Å²) in [7, 11) is 1.56. The Hall–Kier alpha value is -2.51. The molecule has 4 amide bonds. The number of hydrogen-bond acceptors (Lipinski definition) is 5. The Morgan fingerprint density at radius 2 is 2.04 bits per heavy atom. The number of amides is 4. The van der Waals surface area contributed by atoms with Gasteiger partial charge in [0.25, 0.3) is 11.7 Å². The van der Waals surface area contributed by atoms with Crippen molar-refractivity contribution in [3.63, 3.8) is 0 Å². The average molecular weight is 361 g/mol. The lowest BCUT2D eigenvalue weighted by Crippen LogP contribution is -2.57. The van der Waals surface area contributed by atoms with Crippen molar-refractivity contribution >= 4 is 29.9 Å². The highest BCUT2D eigenvalue weighted by Crippen LogP contribution is 2.25. The summed E-state index contributed by atoms with van der Waals surface area (Å²) in [6.45, 7) is 5.48. The molecule has 0 aromatic heterocycles. The van der Waals surface area contributed by atoms with Gasteiger partial charge in [-0.2, -0.15) is 9.48 Å². The number of aliphatic imine (C=N–C) groups is 1. The number of urea groups is 1. The zero-order valence-electron chi connectivity index (χ0n) is 15.5. The zero-order chi connectivity index (χ0) is 18.8. The number of likely N-dealkylation sites (tertiary alicyclic amines) is 1. The number of rotatable bonds is 4. The van der Waals surface area contributed by atoms with E-state index in [1.807, 2.05) is 6.92 Å². The van der Waals surface area contributed by atoms with Gasteiger partial charge >= 0.3 is 11.9 Å². The van der Waals surface area contributed by atoms with E-state index in [0.29, 0.717) is 37.2 Å². The number of carbonyl (C=O) groups excluding carboxylic acids is 3. The first-order valence-electron chi connectivity index (χ1n) is 9.04. The summed E-state index contributed by atoms with van der Waals surface area (Å²) in [4.78, 5) is 45.1. The Balaban J connectivity index is 1.80. The number of carbonyl (C=O) groups is 3. The van der Waals surface area contributed by atoms with E-state index in [1.165, 1.54) is 10.8 Å². The van der Waals surface area contributed by atoms with Crippen molar-refractivity contribution in [3.05, 3.63) is 11.8 Å². The van der Waals surface area contributed by atoms with Crippen molar-refractivity contribution in [2.75, 3.05) is 33.3 Å². The van der Waals surface area contributed by atoms with Crippen molar-refractivity contribution in [2.24, 2.45) is 16.8 Å². The smallest absolute Gasteiger partial charge is 0.446 e. The van der Waals surface area contributed by atoms with Crippen molar-refractivity contribution in [1.29, 1.82) is 0 Å². The minimum absolute atomic E-state index is 0.197. The molecule has 3 heterocycles. The van der Waals surface area contributed by atoms with Gasteiger partial charge < -0.3 is 9.64 Å². The van der Waals surface area contributed by atoms with Crippen LogP contribution in [0.5, 0.6) is 0 Å². The molecule has 1 fully saturated rings. The van der Waals surface area contributed by atoms with E-state index in [4.69, 9.17) is 4.74 Å².